The van der Waals surface area contributed by atoms with E-state index in [-0.39, 0.29) is 17.5 Å². The van der Waals surface area contributed by atoms with Crippen molar-refractivity contribution in [3.63, 3.8) is 0 Å². The minimum absolute atomic E-state index is 0.0782. The van der Waals surface area contributed by atoms with E-state index < -0.39 is 0 Å². The van der Waals surface area contributed by atoms with Crippen LogP contribution in [0.1, 0.15) is 44.5 Å². The first kappa shape index (κ1) is 19.9. The highest BCUT2D eigenvalue weighted by atomic mass is 16.1. The molecule has 6 heteroatoms. The molecule has 0 aliphatic heterocycles. The molecule has 2 heterocycles. The zero-order valence-electron chi connectivity index (χ0n) is 17.0. The molecule has 1 atom stereocenters. The van der Waals surface area contributed by atoms with Crippen LogP contribution in [0.5, 0.6) is 0 Å². The lowest BCUT2D eigenvalue weighted by Crippen LogP contribution is -2.31. The van der Waals surface area contributed by atoms with Gasteiger partial charge >= 0.3 is 0 Å². The SMILES string of the molecule is CC[C@H](C)NC(=O)CCCn1c(C)c2cnn(-c3ccccc3)c(=O)c2c1C. The van der Waals surface area contributed by atoms with E-state index in [2.05, 4.69) is 21.9 Å². The Kier molecular flexibility index (Phi) is 5.97. The van der Waals surface area contributed by atoms with Gasteiger partial charge in [-0.3, -0.25) is 9.59 Å². The molecule has 1 amide bonds. The highest BCUT2D eigenvalue weighted by molar-refractivity contribution is 5.87. The number of hydrogen-bond acceptors (Lipinski definition) is 3. The van der Waals surface area contributed by atoms with Gasteiger partial charge in [0.25, 0.3) is 5.56 Å². The smallest absolute Gasteiger partial charge is 0.281 e. The summed E-state index contributed by atoms with van der Waals surface area (Å²) in [6.45, 7) is 8.73. The van der Waals surface area contributed by atoms with Crippen molar-refractivity contribution in [1.82, 2.24) is 19.7 Å². The van der Waals surface area contributed by atoms with Crippen LogP contribution in [0.2, 0.25) is 0 Å². The van der Waals surface area contributed by atoms with Crippen molar-refractivity contribution < 1.29 is 4.79 Å². The summed E-state index contributed by atoms with van der Waals surface area (Å²) in [6, 6.07) is 9.64. The molecule has 0 fully saturated rings. The van der Waals surface area contributed by atoms with Crippen molar-refractivity contribution >= 4 is 16.7 Å². The zero-order chi connectivity index (χ0) is 20.3. The molecule has 0 spiro atoms. The normalized spacial score (nSPS) is 12.3. The van der Waals surface area contributed by atoms with Gasteiger partial charge in [0.15, 0.2) is 0 Å². The predicted octanol–water partition coefficient (Wildman–Crippen LogP) is 3.50. The average Bonchev–Trinajstić information content (AvgIpc) is 2.94. The van der Waals surface area contributed by atoms with Gasteiger partial charge in [-0.05, 0) is 45.7 Å². The van der Waals surface area contributed by atoms with E-state index in [0.29, 0.717) is 18.4 Å². The number of aryl methyl sites for hydroxylation is 2. The van der Waals surface area contributed by atoms with Gasteiger partial charge in [0.2, 0.25) is 5.91 Å². The second-order valence-electron chi connectivity index (χ2n) is 7.29. The summed E-state index contributed by atoms with van der Waals surface area (Å²) in [7, 11) is 0. The molecule has 0 unspecified atom stereocenters. The summed E-state index contributed by atoms with van der Waals surface area (Å²) < 4.78 is 3.57. The third kappa shape index (κ3) is 3.86. The topological polar surface area (TPSA) is 68.9 Å². The molecule has 0 radical (unpaired) electrons. The number of aromatic nitrogens is 3. The number of nitrogens with one attached hydrogen (secondary N) is 1. The third-order valence-electron chi connectivity index (χ3n) is 5.35. The molecule has 1 N–H and O–H groups in total. The van der Waals surface area contributed by atoms with E-state index in [4.69, 9.17) is 0 Å². The van der Waals surface area contributed by atoms with Crippen LogP contribution in [0, 0.1) is 13.8 Å². The molecule has 148 valence electrons. The Morgan fingerprint density at radius 3 is 2.57 bits per heavy atom. The van der Waals surface area contributed by atoms with Crippen LogP contribution >= 0.6 is 0 Å². The molecule has 3 aromatic rings. The van der Waals surface area contributed by atoms with Gasteiger partial charge in [-0.25, -0.2) is 0 Å². The Morgan fingerprint density at radius 1 is 1.18 bits per heavy atom. The van der Waals surface area contributed by atoms with E-state index in [9.17, 15) is 9.59 Å². The molecule has 2 aromatic heterocycles. The van der Waals surface area contributed by atoms with Gasteiger partial charge < -0.3 is 9.88 Å². The molecule has 0 aliphatic rings. The molecule has 1 aromatic carbocycles. The first-order valence-corrected chi connectivity index (χ1v) is 9.86. The summed E-state index contributed by atoms with van der Waals surface area (Å²) in [5.41, 5.74) is 2.57. The predicted molar refractivity (Wildman–Crippen MR) is 112 cm³/mol. The van der Waals surface area contributed by atoms with Gasteiger partial charge in [-0.15, -0.1) is 0 Å². The fourth-order valence-corrected chi connectivity index (χ4v) is 3.54. The third-order valence-corrected chi connectivity index (χ3v) is 5.35. The molecule has 28 heavy (non-hydrogen) atoms. The largest absolute Gasteiger partial charge is 0.354 e. The number of carbonyl (C=O) groups excluding carboxylic acids is 1. The van der Waals surface area contributed by atoms with E-state index in [1.54, 1.807) is 6.20 Å². The first-order chi connectivity index (χ1) is 13.4. The summed E-state index contributed by atoms with van der Waals surface area (Å²) in [4.78, 5) is 25.1. The van der Waals surface area contributed by atoms with Crippen molar-refractivity contribution in [1.29, 1.82) is 0 Å². The summed E-state index contributed by atoms with van der Waals surface area (Å²) in [5.74, 6) is 0.0782. The summed E-state index contributed by atoms with van der Waals surface area (Å²) in [5, 5.41) is 8.93. The molecular weight excluding hydrogens is 352 g/mol. The molecule has 6 nitrogen and oxygen atoms in total. The van der Waals surface area contributed by atoms with Crippen molar-refractivity contribution in [2.24, 2.45) is 0 Å². The van der Waals surface area contributed by atoms with E-state index in [0.717, 1.165) is 35.3 Å². The molecule has 0 saturated carbocycles. The van der Waals surface area contributed by atoms with Gasteiger partial charge in [0.1, 0.15) is 0 Å². The van der Waals surface area contributed by atoms with Crippen molar-refractivity contribution in [2.45, 2.75) is 59.5 Å². The minimum atomic E-state index is -0.113. The molecular formula is C22H28N4O2. The molecule has 0 bridgehead atoms. The van der Waals surface area contributed by atoms with Gasteiger partial charge in [-0.1, -0.05) is 25.1 Å². The lowest BCUT2D eigenvalue weighted by atomic mass is 10.2. The number of carbonyl (C=O) groups is 1. The minimum Gasteiger partial charge on any atom is -0.354 e. The standard InChI is InChI=1S/C22H28N4O2/c1-5-15(2)24-20(27)12-9-13-25-16(3)19-14-23-26(18-10-7-6-8-11-18)22(28)21(19)17(25)4/h6-8,10-11,14-15H,5,9,12-13H2,1-4H3,(H,24,27)/t15-/m0/s1. The van der Waals surface area contributed by atoms with Crippen LogP contribution in [-0.4, -0.2) is 26.3 Å². The number of benzene rings is 1. The van der Waals surface area contributed by atoms with Gasteiger partial charge in [-0.2, -0.15) is 9.78 Å². The highest BCUT2D eigenvalue weighted by Crippen LogP contribution is 2.23. The van der Waals surface area contributed by atoms with Crippen molar-refractivity contribution in [3.8, 4) is 5.69 Å². The lowest BCUT2D eigenvalue weighted by Gasteiger charge is -2.12. The quantitative estimate of drug-likeness (QED) is 0.682. The first-order valence-electron chi connectivity index (χ1n) is 9.86. The molecule has 3 rings (SSSR count). The van der Waals surface area contributed by atoms with Crippen LogP contribution in [0.3, 0.4) is 0 Å². The van der Waals surface area contributed by atoms with Crippen molar-refractivity contribution in [3.05, 3.63) is 58.3 Å². The van der Waals surface area contributed by atoms with E-state index in [1.165, 1.54) is 4.68 Å². The number of fused-ring (bicyclic) bond motifs is 1. The van der Waals surface area contributed by atoms with Gasteiger partial charge in [0, 0.05) is 35.8 Å². The maximum Gasteiger partial charge on any atom is 0.281 e. The monoisotopic (exact) mass is 380 g/mol. The van der Waals surface area contributed by atoms with Crippen molar-refractivity contribution in [2.75, 3.05) is 0 Å². The van der Waals surface area contributed by atoms with Crippen LogP contribution in [-0.2, 0) is 11.3 Å². The molecule has 0 saturated heterocycles. The van der Waals surface area contributed by atoms with Crippen LogP contribution in [0.15, 0.2) is 41.3 Å². The fourth-order valence-electron chi connectivity index (χ4n) is 3.54. The fraction of sp³-hybridized carbons (Fsp3) is 0.409. The van der Waals surface area contributed by atoms with Crippen LogP contribution in [0.25, 0.3) is 16.5 Å². The highest BCUT2D eigenvalue weighted by Gasteiger charge is 2.17. The summed E-state index contributed by atoms with van der Waals surface area (Å²) in [6.07, 6.45) is 3.89. The molecule has 0 aliphatic carbocycles. The summed E-state index contributed by atoms with van der Waals surface area (Å²) >= 11 is 0. The van der Waals surface area contributed by atoms with E-state index >= 15 is 0 Å². The Balaban J connectivity index is 1.86. The number of nitrogens with zero attached hydrogens (tertiary/aromatic N) is 3. The van der Waals surface area contributed by atoms with Crippen LogP contribution in [0.4, 0.5) is 0 Å². The number of amides is 1. The Morgan fingerprint density at radius 2 is 1.89 bits per heavy atom. The number of para-hydroxylation sites is 1. The number of hydrogen-bond donors (Lipinski definition) is 1. The Bertz CT molecular complexity index is 1030. The Labute approximate surface area is 165 Å². The maximum atomic E-state index is 13.1. The Hall–Kier alpha value is -2.89. The average molecular weight is 380 g/mol. The maximum absolute atomic E-state index is 13.1. The lowest BCUT2D eigenvalue weighted by molar-refractivity contribution is -0.121. The number of rotatable bonds is 7. The zero-order valence-corrected chi connectivity index (χ0v) is 17.0. The van der Waals surface area contributed by atoms with Gasteiger partial charge in [0.05, 0.1) is 17.3 Å². The van der Waals surface area contributed by atoms with E-state index in [1.807, 2.05) is 51.1 Å². The second-order valence-corrected chi connectivity index (χ2v) is 7.29. The van der Waals surface area contributed by atoms with Crippen LogP contribution < -0.4 is 10.9 Å². The second kappa shape index (κ2) is 8.42.